The summed E-state index contributed by atoms with van der Waals surface area (Å²) in [5.41, 5.74) is 11.2. The molecule has 0 unspecified atom stereocenters. The van der Waals surface area contributed by atoms with Crippen molar-refractivity contribution in [3.63, 3.8) is 0 Å². The Morgan fingerprint density at radius 2 is 1.42 bits per heavy atom. The van der Waals surface area contributed by atoms with Crippen LogP contribution in [0.5, 0.6) is 0 Å². The number of hydrogen-bond acceptors (Lipinski definition) is 4. The van der Waals surface area contributed by atoms with E-state index in [2.05, 4.69) is 11.5 Å². The summed E-state index contributed by atoms with van der Waals surface area (Å²) >= 11 is 0. The first-order chi connectivity index (χ1) is 5.65. The van der Waals surface area contributed by atoms with E-state index in [9.17, 15) is 5.11 Å². The van der Waals surface area contributed by atoms with Gasteiger partial charge in [0, 0.05) is 5.97 Å². The molecule has 0 saturated carbocycles. The first kappa shape index (κ1) is 22.5. The van der Waals surface area contributed by atoms with Gasteiger partial charge in [0.2, 0.25) is 0 Å². The molecule has 0 aromatic heterocycles. The molecule has 0 aromatic rings. The highest BCUT2D eigenvalue weighted by Gasteiger charge is 1.46. The summed E-state index contributed by atoms with van der Waals surface area (Å²) in [6.07, 6.45) is 0. The van der Waals surface area contributed by atoms with E-state index < -0.39 is 5.97 Å². The molecule has 8 N–H and O–H groups in total. The van der Waals surface area contributed by atoms with Crippen LogP contribution < -0.4 is 27.4 Å². The summed E-state index contributed by atoms with van der Waals surface area (Å²) in [5.74, 6) is -1.08. The van der Waals surface area contributed by atoms with E-state index >= 15 is 0 Å². The van der Waals surface area contributed by atoms with E-state index in [1.54, 1.807) is 14.1 Å². The van der Waals surface area contributed by atoms with E-state index in [4.69, 9.17) is 15.6 Å². The van der Waals surface area contributed by atoms with Crippen molar-refractivity contribution in [2.75, 3.05) is 27.2 Å². The maximum atomic E-state index is 9.17. The second-order valence-corrected chi connectivity index (χ2v) is 0.984. The Hall–Kier alpha value is -0.690. The summed E-state index contributed by atoms with van der Waals surface area (Å²) in [5, 5.41) is 18.1. The van der Waals surface area contributed by atoms with E-state index in [0.717, 1.165) is 6.92 Å². The van der Waals surface area contributed by atoms with Crippen molar-refractivity contribution in [2.45, 2.75) is 6.92 Å². The predicted molar refractivity (Wildman–Crippen MR) is 42.2 cm³/mol. The molecule has 6 heteroatoms. The van der Waals surface area contributed by atoms with Gasteiger partial charge in [0.05, 0.1) is 14.1 Å². The van der Waals surface area contributed by atoms with Crippen LogP contribution in [0.1, 0.15) is 6.92 Å². The molecule has 0 spiro atoms. The van der Waals surface area contributed by atoms with Crippen LogP contribution in [0, 0.1) is 0 Å². The van der Waals surface area contributed by atoms with Crippen molar-refractivity contribution in [2.24, 2.45) is 5.73 Å². The first-order valence-electron chi connectivity index (χ1n) is 3.52. The van der Waals surface area contributed by atoms with Gasteiger partial charge in [-0.1, -0.05) is 0 Å². The van der Waals surface area contributed by atoms with Gasteiger partial charge < -0.3 is 32.2 Å². The maximum Gasteiger partial charge on any atom is 0.0634 e. The summed E-state index contributed by atoms with van der Waals surface area (Å²) in [6, 6.07) is 0. The highest BCUT2D eigenvalue weighted by atomic mass is 16.4. The zero-order valence-electron chi connectivity index (χ0n) is 8.13. The molecular weight excluding hydrogens is 162 g/mol. The quantitative estimate of drug-likeness (QED) is 0.373. The Labute approximate surface area is 73.4 Å². The molecule has 0 aliphatic rings. The molecule has 6 nitrogen and oxygen atoms in total. The Balaban J connectivity index is -0.0000000380. The van der Waals surface area contributed by atoms with Crippen LogP contribution in [0.2, 0.25) is 0 Å². The SMILES string of the molecule is CC(=O)[O-].C[NH3+].C[NH3+].NCC[O-]. The van der Waals surface area contributed by atoms with Gasteiger partial charge in [-0.3, -0.25) is 0 Å². The van der Waals surface area contributed by atoms with Gasteiger partial charge in [-0.25, -0.2) is 0 Å². The molecule has 0 fully saturated rings. The third-order valence-electron chi connectivity index (χ3n) is 0.118. The molecule has 0 saturated heterocycles. The molecule has 12 heavy (non-hydrogen) atoms. The monoisotopic (exact) mass is 183 g/mol. The lowest BCUT2D eigenvalue weighted by molar-refractivity contribution is -0.363. The van der Waals surface area contributed by atoms with Crippen LogP contribution in [0.3, 0.4) is 0 Å². The lowest BCUT2D eigenvalue weighted by Gasteiger charge is -1.90. The number of carbonyl (C=O) groups excluding carboxylic acids is 1. The number of rotatable bonds is 1. The minimum atomic E-state index is -1.08. The predicted octanol–water partition coefficient (Wildman–Crippen LogP) is -5.22. The summed E-state index contributed by atoms with van der Waals surface area (Å²) in [6.45, 7) is 1.08. The van der Waals surface area contributed by atoms with E-state index in [1.807, 2.05) is 0 Å². The van der Waals surface area contributed by atoms with Crippen LogP contribution in [-0.4, -0.2) is 33.2 Å². The Morgan fingerprint density at radius 1 is 1.33 bits per heavy atom. The average Bonchev–Trinajstić information content (AvgIpc) is 2.10. The third-order valence-corrected chi connectivity index (χ3v) is 0.118. The van der Waals surface area contributed by atoms with Gasteiger partial charge >= 0.3 is 0 Å². The molecule has 0 aliphatic heterocycles. The van der Waals surface area contributed by atoms with Crippen LogP contribution in [0.4, 0.5) is 0 Å². The number of carbonyl (C=O) groups is 1. The lowest BCUT2D eigenvalue weighted by Crippen LogP contribution is -2.40. The number of quaternary nitrogens is 2. The second-order valence-electron chi connectivity index (χ2n) is 0.984. The minimum Gasteiger partial charge on any atom is -0.854 e. The smallest absolute Gasteiger partial charge is 0.0634 e. The molecule has 0 bridgehead atoms. The summed E-state index contributed by atoms with van der Waals surface area (Å²) < 4.78 is 0. The average molecular weight is 183 g/mol. The van der Waals surface area contributed by atoms with Crippen LogP contribution in [-0.2, 0) is 4.79 Å². The number of hydrogen-bond donors (Lipinski definition) is 3. The lowest BCUT2D eigenvalue weighted by atomic mass is 10.8. The molecule has 0 heterocycles. The molecule has 0 aliphatic carbocycles. The molecular formula is C6H21N3O3. The van der Waals surface area contributed by atoms with Crippen LogP contribution >= 0.6 is 0 Å². The number of nitrogens with two attached hydrogens (primary N) is 1. The van der Waals surface area contributed by atoms with Crippen LogP contribution in [0.15, 0.2) is 0 Å². The number of carboxylic acid groups (broad SMARTS) is 1. The van der Waals surface area contributed by atoms with Gasteiger partial charge in [-0.15, -0.1) is 6.61 Å². The molecule has 78 valence electrons. The number of aliphatic carboxylic acids is 1. The first-order valence-corrected chi connectivity index (χ1v) is 3.52. The highest BCUT2D eigenvalue weighted by molar-refractivity contribution is 5.60. The van der Waals surface area contributed by atoms with Crippen molar-refractivity contribution < 1.29 is 26.5 Å². The fourth-order valence-electron chi connectivity index (χ4n) is 0. The fraction of sp³-hybridized carbons (Fsp3) is 0.833. The zero-order chi connectivity index (χ0) is 11.0. The minimum absolute atomic E-state index is 0.153. The molecule has 0 amide bonds. The van der Waals surface area contributed by atoms with Crippen molar-refractivity contribution in [3.8, 4) is 0 Å². The highest BCUT2D eigenvalue weighted by Crippen LogP contribution is 1.31. The summed E-state index contributed by atoms with van der Waals surface area (Å²) in [7, 11) is 3.50. The Bertz CT molecular complexity index is 56.0. The standard InChI is InChI=1S/C2H6NO.C2H4O2.2CH5N/c3-1-2-4;1-2(3)4;2*1-2/h1-3H2;1H3,(H,3,4);2*2H2,1H3/q-1;;;/p+1. The third kappa shape index (κ3) is 6690. The van der Waals surface area contributed by atoms with Gasteiger partial charge in [0.15, 0.2) is 0 Å². The van der Waals surface area contributed by atoms with E-state index in [0.29, 0.717) is 0 Å². The van der Waals surface area contributed by atoms with Gasteiger partial charge in [-0.05, 0) is 13.5 Å². The Kier molecular flexibility index (Phi) is 90.2. The van der Waals surface area contributed by atoms with Gasteiger partial charge in [0.25, 0.3) is 0 Å². The summed E-state index contributed by atoms with van der Waals surface area (Å²) in [4.78, 5) is 8.89. The topological polar surface area (TPSA) is 144 Å². The van der Waals surface area contributed by atoms with Gasteiger partial charge in [-0.2, -0.15) is 0 Å². The van der Waals surface area contributed by atoms with Crippen molar-refractivity contribution in [1.82, 2.24) is 0 Å². The molecule has 0 aromatic carbocycles. The normalized spacial score (nSPS) is 5.58. The largest absolute Gasteiger partial charge is 0.854 e. The zero-order valence-corrected chi connectivity index (χ0v) is 8.13. The van der Waals surface area contributed by atoms with E-state index in [-0.39, 0.29) is 13.2 Å². The van der Waals surface area contributed by atoms with Crippen molar-refractivity contribution >= 4 is 5.97 Å². The molecule has 0 radical (unpaired) electrons. The Morgan fingerprint density at radius 3 is 1.42 bits per heavy atom. The maximum absolute atomic E-state index is 9.17. The fourth-order valence-corrected chi connectivity index (χ4v) is 0. The van der Waals surface area contributed by atoms with Crippen molar-refractivity contribution in [3.05, 3.63) is 0 Å². The van der Waals surface area contributed by atoms with Gasteiger partial charge in [0.1, 0.15) is 0 Å². The van der Waals surface area contributed by atoms with E-state index in [1.165, 1.54) is 0 Å². The second kappa shape index (κ2) is 48.1. The molecule has 0 rings (SSSR count). The van der Waals surface area contributed by atoms with Crippen molar-refractivity contribution in [1.29, 1.82) is 0 Å². The number of carboxylic acids is 1. The van der Waals surface area contributed by atoms with Crippen LogP contribution in [0.25, 0.3) is 0 Å². The molecule has 0 atom stereocenters.